The maximum atomic E-state index is 9.97. The summed E-state index contributed by atoms with van der Waals surface area (Å²) < 4.78 is 0. The minimum Gasteiger partial charge on any atom is -0.303 e. The Morgan fingerprint density at radius 2 is 2.33 bits per heavy atom. The zero-order valence-electron chi connectivity index (χ0n) is 6.09. The fraction of sp³-hybridized carbons (Fsp3) is 0.857. The van der Waals surface area contributed by atoms with E-state index in [9.17, 15) is 4.79 Å². The highest BCUT2D eigenvalue weighted by Crippen LogP contribution is 2.12. The average Bonchev–Trinajstić information content (AvgIpc) is 1.85. The van der Waals surface area contributed by atoms with Gasteiger partial charge in [-0.2, -0.15) is 11.8 Å². The summed E-state index contributed by atoms with van der Waals surface area (Å²) in [5, 5.41) is 0.516. The Morgan fingerprint density at radius 1 is 1.67 bits per heavy atom. The first-order valence-corrected chi connectivity index (χ1v) is 4.41. The molecule has 0 aromatic rings. The summed E-state index contributed by atoms with van der Waals surface area (Å²) in [6.45, 7) is 4.25. The number of rotatable bonds is 5. The van der Waals surface area contributed by atoms with Crippen molar-refractivity contribution in [1.29, 1.82) is 0 Å². The van der Waals surface area contributed by atoms with E-state index in [4.69, 9.17) is 0 Å². The molecule has 0 aromatic carbocycles. The Labute approximate surface area is 61.2 Å². The van der Waals surface area contributed by atoms with Crippen molar-refractivity contribution in [3.05, 3.63) is 0 Å². The third-order valence-electron chi connectivity index (χ3n) is 1.03. The molecule has 0 N–H and O–H groups in total. The topological polar surface area (TPSA) is 17.1 Å². The lowest BCUT2D eigenvalue weighted by molar-refractivity contribution is -0.107. The molecule has 0 aromatic heterocycles. The van der Waals surface area contributed by atoms with Gasteiger partial charge in [0.1, 0.15) is 6.29 Å². The highest BCUT2D eigenvalue weighted by Gasteiger charge is 1.98. The van der Waals surface area contributed by atoms with Gasteiger partial charge in [0.05, 0.1) is 0 Å². The Balaban J connectivity index is 3.04. The van der Waals surface area contributed by atoms with Gasteiger partial charge in [-0.05, 0) is 12.2 Å². The Morgan fingerprint density at radius 3 is 2.78 bits per heavy atom. The molecule has 54 valence electrons. The molecule has 0 radical (unpaired) electrons. The second-order valence-electron chi connectivity index (χ2n) is 2.08. The summed E-state index contributed by atoms with van der Waals surface area (Å²) in [4.78, 5) is 9.97. The van der Waals surface area contributed by atoms with Crippen LogP contribution < -0.4 is 0 Å². The van der Waals surface area contributed by atoms with Crippen molar-refractivity contribution in [3.8, 4) is 0 Å². The minimum atomic E-state index is 0.516. The number of aldehydes is 1. The molecule has 0 aliphatic rings. The zero-order chi connectivity index (χ0) is 7.11. The molecule has 1 unspecified atom stereocenters. The van der Waals surface area contributed by atoms with Crippen LogP contribution in [0.25, 0.3) is 0 Å². The largest absolute Gasteiger partial charge is 0.303 e. The van der Waals surface area contributed by atoms with E-state index in [1.807, 2.05) is 11.8 Å². The van der Waals surface area contributed by atoms with E-state index in [-0.39, 0.29) is 0 Å². The van der Waals surface area contributed by atoms with Gasteiger partial charge in [0.15, 0.2) is 0 Å². The zero-order valence-corrected chi connectivity index (χ0v) is 6.91. The van der Waals surface area contributed by atoms with Gasteiger partial charge in [0.2, 0.25) is 0 Å². The molecule has 2 heteroatoms. The third-order valence-corrected chi connectivity index (χ3v) is 2.44. The van der Waals surface area contributed by atoms with Crippen LogP contribution in [-0.2, 0) is 4.79 Å². The third kappa shape index (κ3) is 5.90. The highest BCUT2D eigenvalue weighted by atomic mass is 32.2. The predicted molar refractivity (Wildman–Crippen MR) is 42.9 cm³/mol. The van der Waals surface area contributed by atoms with Gasteiger partial charge in [0, 0.05) is 11.7 Å². The van der Waals surface area contributed by atoms with Crippen molar-refractivity contribution in [2.24, 2.45) is 0 Å². The van der Waals surface area contributed by atoms with E-state index in [1.54, 1.807) is 0 Å². The molecule has 1 nitrogen and oxygen atoms in total. The smallest absolute Gasteiger partial charge is 0.121 e. The fourth-order valence-corrected chi connectivity index (χ4v) is 1.38. The summed E-state index contributed by atoms with van der Waals surface area (Å²) in [6, 6.07) is 0. The number of thioether (sulfide) groups is 1. The molecule has 0 fully saturated rings. The fourth-order valence-electron chi connectivity index (χ4n) is 0.523. The van der Waals surface area contributed by atoms with E-state index in [0.717, 1.165) is 6.29 Å². The van der Waals surface area contributed by atoms with Gasteiger partial charge in [-0.15, -0.1) is 0 Å². The molecular formula is C7H14OS. The number of carbonyl (C=O) groups is 1. The summed E-state index contributed by atoms with van der Waals surface area (Å²) in [7, 11) is 0. The van der Waals surface area contributed by atoms with Crippen molar-refractivity contribution in [2.45, 2.75) is 31.9 Å². The lowest BCUT2D eigenvalue weighted by atomic mass is 10.4. The number of carbonyl (C=O) groups excluding carboxylic acids is 1. The molecule has 1 atom stereocenters. The van der Waals surface area contributed by atoms with Gasteiger partial charge >= 0.3 is 0 Å². The second kappa shape index (κ2) is 6.14. The minimum absolute atomic E-state index is 0.516. The van der Waals surface area contributed by atoms with Crippen molar-refractivity contribution in [3.63, 3.8) is 0 Å². The molecule has 0 rings (SSSR count). The molecule has 0 saturated heterocycles. The Bertz CT molecular complexity index is 73.3. The molecule has 0 heterocycles. The van der Waals surface area contributed by atoms with Crippen molar-refractivity contribution < 1.29 is 4.79 Å². The first kappa shape index (κ1) is 9.02. The van der Waals surface area contributed by atoms with E-state index < -0.39 is 0 Å². The van der Waals surface area contributed by atoms with Gasteiger partial charge in [-0.25, -0.2) is 0 Å². The van der Waals surface area contributed by atoms with Crippen LogP contribution in [0.2, 0.25) is 0 Å². The predicted octanol–water partition coefficient (Wildman–Crippen LogP) is 2.11. The average molecular weight is 146 g/mol. The maximum absolute atomic E-state index is 9.97. The van der Waals surface area contributed by atoms with Gasteiger partial charge < -0.3 is 4.79 Å². The normalized spacial score (nSPS) is 13.1. The van der Waals surface area contributed by atoms with Gasteiger partial charge in [-0.3, -0.25) is 0 Å². The van der Waals surface area contributed by atoms with E-state index in [1.165, 1.54) is 12.2 Å². The second-order valence-corrected chi connectivity index (χ2v) is 3.63. The summed E-state index contributed by atoms with van der Waals surface area (Å²) in [5.74, 6) is 1.18. The standard InChI is InChI=1S/C7H14OS/c1-3-6-9-7(2)4-5-8/h5,7H,3-4,6H2,1-2H3. The van der Waals surface area contributed by atoms with Gasteiger partial charge in [0.25, 0.3) is 0 Å². The molecule has 0 aliphatic carbocycles. The van der Waals surface area contributed by atoms with E-state index in [0.29, 0.717) is 11.7 Å². The SMILES string of the molecule is CCCSC(C)CC=O. The van der Waals surface area contributed by atoms with Gasteiger partial charge in [-0.1, -0.05) is 13.8 Å². The number of hydrogen-bond acceptors (Lipinski definition) is 2. The lowest BCUT2D eigenvalue weighted by Gasteiger charge is -2.03. The van der Waals surface area contributed by atoms with Crippen LogP contribution in [0.15, 0.2) is 0 Å². The van der Waals surface area contributed by atoms with Crippen LogP contribution in [0.3, 0.4) is 0 Å². The molecule has 0 bridgehead atoms. The maximum Gasteiger partial charge on any atom is 0.121 e. The van der Waals surface area contributed by atoms with Crippen LogP contribution in [-0.4, -0.2) is 17.3 Å². The van der Waals surface area contributed by atoms with Crippen molar-refractivity contribution in [1.82, 2.24) is 0 Å². The first-order valence-electron chi connectivity index (χ1n) is 3.36. The summed E-state index contributed by atoms with van der Waals surface area (Å²) >= 11 is 1.87. The first-order chi connectivity index (χ1) is 4.31. The van der Waals surface area contributed by atoms with Crippen molar-refractivity contribution >= 4 is 18.0 Å². The molecular weight excluding hydrogens is 132 g/mol. The Hall–Kier alpha value is 0.0200. The molecule has 0 amide bonds. The summed E-state index contributed by atoms with van der Waals surface area (Å²) in [6.07, 6.45) is 2.89. The van der Waals surface area contributed by atoms with E-state index >= 15 is 0 Å². The molecule has 0 spiro atoms. The highest BCUT2D eigenvalue weighted by molar-refractivity contribution is 7.99. The summed E-state index contributed by atoms with van der Waals surface area (Å²) in [5.41, 5.74) is 0. The quantitative estimate of drug-likeness (QED) is 0.552. The Kier molecular flexibility index (Phi) is 6.16. The van der Waals surface area contributed by atoms with E-state index in [2.05, 4.69) is 13.8 Å². The van der Waals surface area contributed by atoms with Crippen LogP contribution in [0, 0.1) is 0 Å². The molecule has 0 saturated carbocycles. The monoisotopic (exact) mass is 146 g/mol. The van der Waals surface area contributed by atoms with Crippen LogP contribution >= 0.6 is 11.8 Å². The molecule has 9 heavy (non-hydrogen) atoms. The van der Waals surface area contributed by atoms with Crippen LogP contribution in [0.5, 0.6) is 0 Å². The lowest BCUT2D eigenvalue weighted by Crippen LogP contribution is -1.96. The van der Waals surface area contributed by atoms with Crippen LogP contribution in [0.1, 0.15) is 26.7 Å². The number of hydrogen-bond donors (Lipinski definition) is 0. The van der Waals surface area contributed by atoms with Crippen LogP contribution in [0.4, 0.5) is 0 Å². The molecule has 0 aliphatic heterocycles. The van der Waals surface area contributed by atoms with Crippen molar-refractivity contribution in [2.75, 3.05) is 5.75 Å².